The van der Waals surface area contributed by atoms with Crippen LogP contribution in [-0.4, -0.2) is 76.0 Å². The summed E-state index contributed by atoms with van der Waals surface area (Å²) >= 11 is 0. The van der Waals surface area contributed by atoms with E-state index in [2.05, 4.69) is 11.2 Å². The summed E-state index contributed by atoms with van der Waals surface area (Å²) in [5.74, 6) is 2.89. The van der Waals surface area contributed by atoms with E-state index < -0.39 is 12.2 Å². The van der Waals surface area contributed by atoms with Gasteiger partial charge in [0.1, 0.15) is 12.2 Å². The summed E-state index contributed by atoms with van der Waals surface area (Å²) in [5.41, 5.74) is 0.981. The lowest BCUT2D eigenvalue weighted by atomic mass is 9.87. The molecule has 3 atom stereocenters. The maximum Gasteiger partial charge on any atom is 0.334 e. The molecule has 3 aliphatic rings. The van der Waals surface area contributed by atoms with E-state index in [1.165, 1.54) is 19.3 Å². The summed E-state index contributed by atoms with van der Waals surface area (Å²) in [5, 5.41) is 6.25. The predicted molar refractivity (Wildman–Crippen MR) is 138 cm³/mol. The van der Waals surface area contributed by atoms with Crippen molar-refractivity contribution >= 4 is 17.8 Å². The first-order valence-corrected chi connectivity index (χ1v) is 13.3. The molecule has 2 aliphatic heterocycles. The van der Waals surface area contributed by atoms with Crippen LogP contribution in [0, 0.1) is 24.2 Å². The molecule has 0 radical (unpaired) electrons. The van der Waals surface area contributed by atoms with Gasteiger partial charge in [0.15, 0.2) is 0 Å². The molecule has 0 spiro atoms. The minimum atomic E-state index is -0.587. The van der Waals surface area contributed by atoms with Crippen LogP contribution in [0.5, 0.6) is 0 Å². The number of fused-ring (bicyclic) bond motifs is 1. The minimum Gasteiger partial charge on any atom is -0.337 e. The number of carbonyl (C=O) groups is 3. The Morgan fingerprint density at radius 3 is 2.56 bits per heavy atom. The molecule has 1 aromatic carbocycles. The molecular weight excluding hydrogens is 454 g/mol. The molecule has 4 rings (SSSR count). The van der Waals surface area contributed by atoms with E-state index in [4.69, 9.17) is 6.42 Å². The number of nitrogens with one attached hydrogen (secondary N) is 1. The second-order valence-electron chi connectivity index (χ2n) is 10.4. The average Bonchev–Trinajstić information content (AvgIpc) is 2.89. The Hall–Kier alpha value is -3.05. The van der Waals surface area contributed by atoms with Crippen molar-refractivity contribution in [2.75, 3.05) is 26.2 Å². The van der Waals surface area contributed by atoms with Gasteiger partial charge in [-0.3, -0.25) is 9.59 Å². The summed E-state index contributed by atoms with van der Waals surface area (Å²) in [6.45, 7) is 5.51. The molecule has 2 saturated heterocycles. The van der Waals surface area contributed by atoms with Crippen LogP contribution in [-0.2, 0) is 16.1 Å². The third-order valence-electron chi connectivity index (χ3n) is 7.92. The number of carbonyl (C=O) groups excluding carboxylic acids is 3. The third-order valence-corrected chi connectivity index (χ3v) is 7.92. The quantitative estimate of drug-likeness (QED) is 0.593. The molecule has 1 N–H and O–H groups in total. The molecule has 8 heteroatoms. The normalized spacial score (nSPS) is 24.3. The van der Waals surface area contributed by atoms with Crippen molar-refractivity contribution < 1.29 is 14.4 Å². The number of benzene rings is 1. The number of piperazine rings is 1. The van der Waals surface area contributed by atoms with Crippen molar-refractivity contribution in [3.05, 3.63) is 35.9 Å². The molecule has 36 heavy (non-hydrogen) atoms. The van der Waals surface area contributed by atoms with E-state index in [9.17, 15) is 14.4 Å². The monoisotopic (exact) mass is 493 g/mol. The lowest BCUT2D eigenvalue weighted by Crippen LogP contribution is -2.77. The highest BCUT2D eigenvalue weighted by atomic mass is 16.2. The second-order valence-corrected chi connectivity index (χ2v) is 10.4. The maximum atomic E-state index is 13.8. The zero-order chi connectivity index (χ0) is 25.7. The van der Waals surface area contributed by atoms with Gasteiger partial charge in [-0.1, -0.05) is 75.8 Å². The molecule has 1 saturated carbocycles. The second kappa shape index (κ2) is 11.8. The highest BCUT2D eigenvalue weighted by Gasteiger charge is 2.52. The predicted octanol–water partition coefficient (Wildman–Crippen LogP) is 3.05. The molecule has 2 heterocycles. The number of amides is 4. The van der Waals surface area contributed by atoms with Gasteiger partial charge >= 0.3 is 6.03 Å². The molecule has 8 nitrogen and oxygen atoms in total. The van der Waals surface area contributed by atoms with Gasteiger partial charge in [-0.2, -0.15) is 5.01 Å². The summed E-state index contributed by atoms with van der Waals surface area (Å²) in [7, 11) is 0. The van der Waals surface area contributed by atoms with E-state index in [1.807, 2.05) is 49.1 Å². The van der Waals surface area contributed by atoms with Crippen LogP contribution in [0.2, 0.25) is 0 Å². The molecule has 1 unspecified atom stereocenters. The summed E-state index contributed by atoms with van der Waals surface area (Å²) < 4.78 is 0. The molecule has 1 aliphatic carbocycles. The van der Waals surface area contributed by atoms with Crippen molar-refractivity contribution in [3.8, 4) is 12.3 Å². The fourth-order valence-corrected chi connectivity index (χ4v) is 5.83. The lowest BCUT2D eigenvalue weighted by Gasteiger charge is -2.56. The van der Waals surface area contributed by atoms with Crippen molar-refractivity contribution in [2.45, 2.75) is 71.1 Å². The van der Waals surface area contributed by atoms with Gasteiger partial charge in [0.2, 0.25) is 11.8 Å². The Bertz CT molecular complexity index is 971. The number of terminal acetylenes is 1. The van der Waals surface area contributed by atoms with Crippen LogP contribution in [0.1, 0.15) is 57.9 Å². The Balaban J connectivity index is 1.63. The zero-order valence-corrected chi connectivity index (χ0v) is 21.6. The van der Waals surface area contributed by atoms with Gasteiger partial charge in [0.25, 0.3) is 0 Å². The summed E-state index contributed by atoms with van der Waals surface area (Å²) in [6, 6.07) is 8.81. The molecule has 4 amide bonds. The number of hydrazine groups is 1. The molecule has 194 valence electrons. The maximum absolute atomic E-state index is 13.8. The average molecular weight is 494 g/mol. The van der Waals surface area contributed by atoms with Gasteiger partial charge < -0.3 is 15.1 Å². The first-order valence-electron chi connectivity index (χ1n) is 13.3. The van der Waals surface area contributed by atoms with E-state index in [0.717, 1.165) is 24.8 Å². The van der Waals surface area contributed by atoms with Crippen LogP contribution in [0.4, 0.5) is 4.79 Å². The number of urea groups is 1. The molecule has 0 bridgehead atoms. The molecule has 0 aromatic heterocycles. The van der Waals surface area contributed by atoms with Crippen molar-refractivity contribution in [2.24, 2.45) is 11.8 Å². The SMILES string of the molecule is C#CCN1CC(=O)N2[C@@H](C(C)CC)C(=O)N(CC3CCCCC3)C[C@@H]2N1C(=O)NCc1ccccc1. The summed E-state index contributed by atoms with van der Waals surface area (Å²) in [4.78, 5) is 44.4. The van der Waals surface area contributed by atoms with Gasteiger partial charge in [-0.05, 0) is 30.2 Å². The third kappa shape index (κ3) is 5.52. The van der Waals surface area contributed by atoms with E-state index >= 15 is 0 Å². The van der Waals surface area contributed by atoms with Crippen LogP contribution in [0.15, 0.2) is 30.3 Å². The van der Waals surface area contributed by atoms with Gasteiger partial charge in [0.05, 0.1) is 19.6 Å². The first-order chi connectivity index (χ1) is 17.4. The van der Waals surface area contributed by atoms with Crippen molar-refractivity contribution in [1.82, 2.24) is 25.1 Å². The first kappa shape index (κ1) is 26.0. The van der Waals surface area contributed by atoms with Crippen molar-refractivity contribution in [1.29, 1.82) is 0 Å². The van der Waals surface area contributed by atoms with Crippen molar-refractivity contribution in [3.63, 3.8) is 0 Å². The smallest absolute Gasteiger partial charge is 0.334 e. The van der Waals surface area contributed by atoms with E-state index in [1.54, 1.807) is 14.9 Å². The molecular formula is C28H39N5O3. The molecule has 3 fully saturated rings. The Kier molecular flexibility index (Phi) is 8.52. The van der Waals surface area contributed by atoms with Gasteiger partial charge in [-0.25, -0.2) is 9.80 Å². The van der Waals surface area contributed by atoms with Gasteiger partial charge in [-0.15, -0.1) is 6.42 Å². The fraction of sp³-hybridized carbons (Fsp3) is 0.607. The van der Waals surface area contributed by atoms with Crippen LogP contribution in [0.25, 0.3) is 0 Å². The van der Waals surface area contributed by atoms with Gasteiger partial charge in [0, 0.05) is 13.1 Å². The minimum absolute atomic E-state index is 0.00886. The van der Waals surface area contributed by atoms with E-state index in [0.29, 0.717) is 25.6 Å². The number of hydrogen-bond donors (Lipinski definition) is 1. The molecule has 1 aromatic rings. The van der Waals surface area contributed by atoms with Crippen LogP contribution >= 0.6 is 0 Å². The highest BCUT2D eigenvalue weighted by molar-refractivity contribution is 5.91. The number of nitrogens with zero attached hydrogens (tertiary/aromatic N) is 4. The highest BCUT2D eigenvalue weighted by Crippen LogP contribution is 2.33. The summed E-state index contributed by atoms with van der Waals surface area (Å²) in [6.07, 6.45) is 11.7. The van der Waals surface area contributed by atoms with Crippen LogP contribution < -0.4 is 5.32 Å². The Labute approximate surface area is 214 Å². The number of rotatable bonds is 7. The largest absolute Gasteiger partial charge is 0.337 e. The Morgan fingerprint density at radius 2 is 1.89 bits per heavy atom. The van der Waals surface area contributed by atoms with Crippen LogP contribution in [0.3, 0.4) is 0 Å². The fourth-order valence-electron chi connectivity index (χ4n) is 5.83. The topological polar surface area (TPSA) is 76.2 Å². The lowest BCUT2D eigenvalue weighted by molar-refractivity contribution is -0.192. The number of hydrogen-bond acceptors (Lipinski definition) is 4. The zero-order valence-electron chi connectivity index (χ0n) is 21.6. The standard InChI is InChI=1S/C28H39N5O3/c1-4-16-31-20-25(34)32-24(33(31)28(36)29-17-22-12-8-6-9-13-22)19-30(18-23-14-10-7-11-15-23)27(35)26(32)21(3)5-2/h1,6,8-9,12-13,21,23-24,26H,5,7,10-11,14-20H2,2-3H3,(H,29,36)/t21?,24-,26-/m0/s1. The van der Waals surface area contributed by atoms with E-state index in [-0.39, 0.29) is 36.9 Å². The Morgan fingerprint density at radius 1 is 1.17 bits per heavy atom.